The molecule has 0 fully saturated rings. The molecule has 0 atom stereocenters. The molecule has 23 heavy (non-hydrogen) atoms. The highest BCUT2D eigenvalue weighted by Crippen LogP contribution is 2.25. The van der Waals surface area contributed by atoms with Gasteiger partial charge in [-0.2, -0.15) is 0 Å². The number of halogens is 6. The zero-order chi connectivity index (χ0) is 19.5. The van der Waals surface area contributed by atoms with E-state index in [-0.39, 0.29) is 34.9 Å². The molecule has 0 spiro atoms. The third kappa shape index (κ3) is 60.1. The molecule has 140 valence electrons. The van der Waals surface area contributed by atoms with Crippen molar-refractivity contribution in [2.24, 2.45) is 0 Å². The minimum absolute atomic E-state index is 0.176. The highest BCUT2D eigenvalue weighted by Gasteiger charge is 2.00. The first kappa shape index (κ1) is 31.7. The number of rotatable bonds is 3. The van der Waals surface area contributed by atoms with E-state index >= 15 is 0 Å². The van der Waals surface area contributed by atoms with E-state index in [0.717, 1.165) is 16.6 Å². The summed E-state index contributed by atoms with van der Waals surface area (Å²) in [6.45, 7) is -0.527. The largest absolute Gasteiger partial charge is 0.466 e. The van der Waals surface area contributed by atoms with Gasteiger partial charge in [0.25, 0.3) is 0 Å². The third-order valence-electron chi connectivity index (χ3n) is 0.808. The maximum Gasteiger partial charge on any atom is 0.466 e. The van der Waals surface area contributed by atoms with Gasteiger partial charge >= 0.3 is 7.82 Å². The Morgan fingerprint density at radius 1 is 0.696 bits per heavy atom. The lowest BCUT2D eigenvalue weighted by atomic mass is 10.7. The fourth-order valence-corrected chi connectivity index (χ4v) is 0.311. The van der Waals surface area contributed by atoms with Crippen molar-refractivity contribution in [1.82, 2.24) is 0 Å². The van der Waals surface area contributed by atoms with Crippen LogP contribution in [-0.4, -0.2) is 49.8 Å². The summed E-state index contributed by atoms with van der Waals surface area (Å²) in [4.78, 5) is 21.6. The second-order valence-electron chi connectivity index (χ2n) is 2.66. The Morgan fingerprint density at radius 2 is 0.826 bits per heavy atom. The van der Waals surface area contributed by atoms with E-state index < -0.39 is 7.82 Å². The zero-order valence-corrected chi connectivity index (χ0v) is 16.6. The summed E-state index contributed by atoms with van der Waals surface area (Å²) in [6.07, 6.45) is 0. The summed E-state index contributed by atoms with van der Waals surface area (Å²) >= 11 is 30.4. The van der Waals surface area contributed by atoms with Crippen LogP contribution in [-0.2, 0) is 4.57 Å². The van der Waals surface area contributed by atoms with Crippen LogP contribution in [0.4, 0.5) is 0 Å². The molecule has 7 nitrogen and oxygen atoms in total. The first-order valence-corrected chi connectivity index (χ1v) is 8.89. The Morgan fingerprint density at radius 3 is 0.826 bits per heavy atom. The molecular weight excluding hydrogens is 464 g/mol. The van der Waals surface area contributed by atoms with Crippen molar-refractivity contribution in [2.75, 3.05) is 19.8 Å². The summed E-state index contributed by atoms with van der Waals surface area (Å²) in [7, 11) is -4.64. The van der Waals surface area contributed by atoms with Crippen LogP contribution >= 0.6 is 77.4 Å². The summed E-state index contributed by atoms with van der Waals surface area (Å²) in [5, 5.41) is 24.9. The smallest absolute Gasteiger partial charge is 0.391 e. The van der Waals surface area contributed by atoms with Gasteiger partial charge < -0.3 is 30.0 Å². The van der Waals surface area contributed by atoms with Crippen molar-refractivity contribution in [3.63, 3.8) is 0 Å². The van der Waals surface area contributed by atoms with Crippen LogP contribution < -0.4 is 0 Å². The molecule has 0 bridgehead atoms. The van der Waals surface area contributed by atoms with E-state index in [4.69, 9.17) is 104 Å². The molecule has 0 aromatic rings. The molecule has 0 aromatic carbocycles. The minimum Gasteiger partial charge on any atom is -0.391 e. The summed E-state index contributed by atoms with van der Waals surface area (Å²) < 4.78 is 8.88. The van der Waals surface area contributed by atoms with E-state index in [1.165, 1.54) is 0 Å². The fraction of sp³-hybridized carbons (Fsp3) is 0.333. The zero-order valence-electron chi connectivity index (χ0n) is 11.2. The average Bonchev–Trinajstić information content (AvgIpc) is 2.51. The van der Waals surface area contributed by atoms with E-state index in [1.807, 2.05) is 0 Å². The number of hydrogen-bond acceptors (Lipinski definition) is 4. The maximum atomic E-state index is 8.88. The second-order valence-corrected chi connectivity index (χ2v) is 5.79. The van der Waals surface area contributed by atoms with Crippen molar-refractivity contribution in [3.05, 3.63) is 31.7 Å². The van der Waals surface area contributed by atoms with Gasteiger partial charge in [0.2, 0.25) is 0 Å². The third-order valence-corrected chi connectivity index (χ3v) is 2.62. The molecule has 0 saturated heterocycles. The Balaban J connectivity index is -0.000000105. The van der Waals surface area contributed by atoms with Gasteiger partial charge in [0.05, 0.1) is 34.9 Å². The quantitative estimate of drug-likeness (QED) is 0.343. The molecule has 0 aliphatic heterocycles. The van der Waals surface area contributed by atoms with Crippen LogP contribution in [0.25, 0.3) is 0 Å². The van der Waals surface area contributed by atoms with Gasteiger partial charge in [-0.05, 0) is 0 Å². The van der Waals surface area contributed by atoms with Gasteiger partial charge in [-0.15, -0.1) is 0 Å². The van der Waals surface area contributed by atoms with Crippen LogP contribution in [0.2, 0.25) is 0 Å². The summed E-state index contributed by atoms with van der Waals surface area (Å²) in [5.41, 5.74) is 3.38. The number of phosphoric acid groups is 1. The normalized spacial score (nSPS) is 12.1. The monoisotopic (exact) mass is 476 g/mol. The standard InChI is InChI=1S/3C3H4Cl2O.H3O4P/c3*4-1-3(5)2-6;1-5(2,3)4/h3*1,6H,2H2;(H3,1,2,3,4). The molecule has 0 saturated carbocycles. The average molecular weight is 479 g/mol. The lowest BCUT2D eigenvalue weighted by Crippen LogP contribution is -1.75. The highest BCUT2D eigenvalue weighted by molar-refractivity contribution is 7.45. The molecular formula is C9H15Cl6O7P. The van der Waals surface area contributed by atoms with Gasteiger partial charge in [-0.1, -0.05) is 69.6 Å². The maximum absolute atomic E-state index is 8.88. The first-order chi connectivity index (χ1) is 10.4. The Labute approximate surface area is 163 Å². The van der Waals surface area contributed by atoms with E-state index in [9.17, 15) is 0 Å². The van der Waals surface area contributed by atoms with Crippen LogP contribution in [0.1, 0.15) is 0 Å². The second kappa shape index (κ2) is 22.9. The van der Waals surface area contributed by atoms with Crippen LogP contribution in [0.15, 0.2) is 31.7 Å². The van der Waals surface area contributed by atoms with Gasteiger partial charge in [0.1, 0.15) is 0 Å². The molecule has 0 unspecified atom stereocenters. The van der Waals surface area contributed by atoms with Gasteiger partial charge in [0, 0.05) is 16.6 Å². The minimum atomic E-state index is -4.64. The molecule has 6 N–H and O–H groups in total. The lowest BCUT2D eigenvalue weighted by Gasteiger charge is -1.82. The van der Waals surface area contributed by atoms with Crippen molar-refractivity contribution in [2.45, 2.75) is 0 Å². The van der Waals surface area contributed by atoms with Crippen LogP contribution in [0.5, 0.6) is 0 Å². The van der Waals surface area contributed by atoms with Crippen LogP contribution in [0, 0.1) is 0 Å². The Kier molecular flexibility index (Phi) is 31.6. The SMILES string of the molecule is O=P(O)(O)O.OCC(Cl)=CCl.OCC(Cl)=CCl.OCC(Cl)=CCl. The van der Waals surface area contributed by atoms with Gasteiger partial charge in [-0.3, -0.25) is 0 Å². The number of hydrogen-bond donors (Lipinski definition) is 6. The van der Waals surface area contributed by atoms with E-state index in [2.05, 4.69) is 0 Å². The highest BCUT2D eigenvalue weighted by atomic mass is 35.5. The van der Waals surface area contributed by atoms with E-state index in [0.29, 0.717) is 0 Å². The van der Waals surface area contributed by atoms with Crippen molar-refractivity contribution in [1.29, 1.82) is 0 Å². The Bertz CT molecular complexity index is 345. The predicted octanol–water partition coefficient (Wildman–Crippen LogP) is 2.96. The molecule has 0 heterocycles. The van der Waals surface area contributed by atoms with Gasteiger partial charge in [-0.25, -0.2) is 4.57 Å². The molecule has 0 aromatic heterocycles. The Hall–Kier alpha value is 0.950. The predicted molar refractivity (Wildman–Crippen MR) is 94.9 cm³/mol. The summed E-state index contributed by atoms with van der Waals surface area (Å²) in [6, 6.07) is 0. The molecule has 0 radical (unpaired) electrons. The van der Waals surface area contributed by atoms with Gasteiger partial charge in [0.15, 0.2) is 0 Å². The van der Waals surface area contributed by atoms with Crippen molar-refractivity contribution in [3.8, 4) is 0 Å². The molecule has 0 aliphatic carbocycles. The molecule has 0 aliphatic rings. The molecule has 0 rings (SSSR count). The van der Waals surface area contributed by atoms with Crippen molar-refractivity contribution < 1.29 is 34.6 Å². The first-order valence-electron chi connectivity index (χ1n) is 4.88. The van der Waals surface area contributed by atoms with Crippen molar-refractivity contribution >= 4 is 77.4 Å². The molecule has 0 amide bonds. The van der Waals surface area contributed by atoms with Crippen LogP contribution in [0.3, 0.4) is 0 Å². The number of aliphatic hydroxyl groups excluding tert-OH is 3. The number of aliphatic hydroxyl groups is 3. The van der Waals surface area contributed by atoms with E-state index in [1.54, 1.807) is 0 Å². The topological polar surface area (TPSA) is 138 Å². The molecule has 14 heteroatoms. The summed E-state index contributed by atoms with van der Waals surface area (Å²) in [5.74, 6) is 0. The lowest BCUT2D eigenvalue weighted by molar-refractivity contribution is 0.275. The fourth-order valence-electron chi connectivity index (χ4n) is 0.104.